The summed E-state index contributed by atoms with van der Waals surface area (Å²) in [5, 5.41) is 2.84. The van der Waals surface area contributed by atoms with Crippen LogP contribution in [0.3, 0.4) is 0 Å². The third-order valence-corrected chi connectivity index (χ3v) is 3.51. The summed E-state index contributed by atoms with van der Waals surface area (Å²) in [7, 11) is 6.20. The van der Waals surface area contributed by atoms with Gasteiger partial charge in [0.05, 0.1) is 34.9 Å². The Morgan fingerprint density at radius 2 is 1.50 bits per heavy atom. The Hall–Kier alpha value is -2.89. The van der Waals surface area contributed by atoms with Crippen LogP contribution < -0.4 is 24.3 Å². The van der Waals surface area contributed by atoms with Crippen LogP contribution in [-0.2, 0) is 11.2 Å². The number of carbonyl (C=O) groups is 1. The molecule has 0 fully saturated rings. The molecule has 0 radical (unpaired) electrons. The summed E-state index contributed by atoms with van der Waals surface area (Å²) in [6.45, 7) is 0. The molecule has 0 bridgehead atoms. The van der Waals surface area contributed by atoms with Crippen molar-refractivity contribution in [3.63, 3.8) is 0 Å². The Kier molecular flexibility index (Phi) is 5.89. The highest BCUT2D eigenvalue weighted by molar-refractivity contribution is 5.92. The topological polar surface area (TPSA) is 66.0 Å². The van der Waals surface area contributed by atoms with Crippen molar-refractivity contribution < 1.29 is 23.7 Å². The van der Waals surface area contributed by atoms with Gasteiger partial charge in [-0.1, -0.05) is 6.07 Å². The minimum atomic E-state index is -0.161. The number of hydrogen-bond donors (Lipinski definition) is 1. The molecule has 1 N–H and O–H groups in total. The third-order valence-electron chi connectivity index (χ3n) is 3.51. The summed E-state index contributed by atoms with van der Waals surface area (Å²) in [5.41, 5.74) is 1.40. The van der Waals surface area contributed by atoms with E-state index < -0.39 is 0 Å². The minimum absolute atomic E-state index is 0.148. The number of hydrogen-bond acceptors (Lipinski definition) is 5. The molecule has 0 aliphatic heterocycles. The predicted molar refractivity (Wildman–Crippen MR) is 91.4 cm³/mol. The first kappa shape index (κ1) is 17.5. The Morgan fingerprint density at radius 3 is 2.04 bits per heavy atom. The SMILES string of the molecule is COc1ccc(NC(=O)Cc2ccc(OC)c(OC)c2OC)cc1. The minimum Gasteiger partial charge on any atom is -0.497 e. The van der Waals surface area contributed by atoms with Gasteiger partial charge in [0.2, 0.25) is 11.7 Å². The lowest BCUT2D eigenvalue weighted by atomic mass is 10.1. The summed E-state index contributed by atoms with van der Waals surface area (Å²) in [4.78, 5) is 12.3. The van der Waals surface area contributed by atoms with Crippen LogP contribution >= 0.6 is 0 Å². The van der Waals surface area contributed by atoms with Gasteiger partial charge in [0.15, 0.2) is 11.5 Å². The van der Waals surface area contributed by atoms with Crippen molar-refractivity contribution in [2.75, 3.05) is 33.8 Å². The monoisotopic (exact) mass is 331 g/mol. The number of amides is 1. The van der Waals surface area contributed by atoms with E-state index in [1.54, 1.807) is 50.6 Å². The second kappa shape index (κ2) is 8.10. The van der Waals surface area contributed by atoms with E-state index in [0.29, 0.717) is 28.5 Å². The van der Waals surface area contributed by atoms with Crippen LogP contribution in [0.4, 0.5) is 5.69 Å². The summed E-state index contributed by atoms with van der Waals surface area (Å²) < 4.78 is 21.0. The van der Waals surface area contributed by atoms with Crippen LogP contribution in [0.15, 0.2) is 36.4 Å². The van der Waals surface area contributed by atoms with Gasteiger partial charge in [0.25, 0.3) is 0 Å². The van der Waals surface area contributed by atoms with Crippen molar-refractivity contribution in [3.05, 3.63) is 42.0 Å². The third kappa shape index (κ3) is 3.90. The van der Waals surface area contributed by atoms with Crippen molar-refractivity contribution in [2.24, 2.45) is 0 Å². The molecule has 0 unspecified atom stereocenters. The fourth-order valence-electron chi connectivity index (χ4n) is 2.35. The number of nitrogens with one attached hydrogen (secondary N) is 1. The zero-order valence-corrected chi connectivity index (χ0v) is 14.2. The Bertz CT molecular complexity index is 697. The van der Waals surface area contributed by atoms with E-state index in [2.05, 4.69) is 5.32 Å². The molecule has 2 aromatic carbocycles. The molecular weight excluding hydrogens is 310 g/mol. The van der Waals surface area contributed by atoms with E-state index in [1.165, 1.54) is 14.2 Å². The predicted octanol–water partition coefficient (Wildman–Crippen LogP) is 2.90. The highest BCUT2D eigenvalue weighted by atomic mass is 16.5. The molecule has 0 aromatic heterocycles. The summed E-state index contributed by atoms with van der Waals surface area (Å²) in [5.74, 6) is 2.07. The average Bonchev–Trinajstić information content (AvgIpc) is 2.61. The molecule has 2 rings (SSSR count). The van der Waals surface area contributed by atoms with Crippen LogP contribution in [0.1, 0.15) is 5.56 Å². The number of rotatable bonds is 7. The maximum Gasteiger partial charge on any atom is 0.228 e. The number of anilines is 1. The first-order chi connectivity index (χ1) is 11.6. The summed E-state index contributed by atoms with van der Waals surface area (Å²) >= 11 is 0. The van der Waals surface area contributed by atoms with Gasteiger partial charge in [-0.3, -0.25) is 4.79 Å². The van der Waals surface area contributed by atoms with Crippen LogP contribution in [0, 0.1) is 0 Å². The van der Waals surface area contributed by atoms with Crippen molar-refractivity contribution in [2.45, 2.75) is 6.42 Å². The van der Waals surface area contributed by atoms with E-state index in [1.807, 2.05) is 0 Å². The van der Waals surface area contributed by atoms with Gasteiger partial charge in [-0.25, -0.2) is 0 Å². The lowest BCUT2D eigenvalue weighted by Gasteiger charge is -2.15. The second-order valence-electron chi connectivity index (χ2n) is 4.95. The summed E-state index contributed by atoms with van der Waals surface area (Å²) in [6.07, 6.45) is 0.148. The Morgan fingerprint density at radius 1 is 0.833 bits per heavy atom. The number of benzene rings is 2. The van der Waals surface area contributed by atoms with Gasteiger partial charge in [-0.2, -0.15) is 0 Å². The molecule has 0 heterocycles. The first-order valence-corrected chi connectivity index (χ1v) is 7.34. The van der Waals surface area contributed by atoms with Crippen molar-refractivity contribution in [1.82, 2.24) is 0 Å². The Balaban J connectivity index is 2.15. The number of ether oxygens (including phenoxy) is 4. The van der Waals surface area contributed by atoms with Gasteiger partial charge in [-0.15, -0.1) is 0 Å². The molecule has 0 aliphatic carbocycles. The Labute approximate surface area is 141 Å². The maximum absolute atomic E-state index is 12.3. The molecular formula is C18H21NO5. The van der Waals surface area contributed by atoms with Crippen LogP contribution in [-0.4, -0.2) is 34.3 Å². The van der Waals surface area contributed by atoms with Crippen molar-refractivity contribution in [3.8, 4) is 23.0 Å². The highest BCUT2D eigenvalue weighted by Crippen LogP contribution is 2.39. The van der Waals surface area contributed by atoms with Gasteiger partial charge < -0.3 is 24.3 Å². The quantitative estimate of drug-likeness (QED) is 0.845. The van der Waals surface area contributed by atoms with Crippen LogP contribution in [0.5, 0.6) is 23.0 Å². The van der Waals surface area contributed by atoms with E-state index in [9.17, 15) is 4.79 Å². The normalized spacial score (nSPS) is 10.0. The van der Waals surface area contributed by atoms with Crippen molar-refractivity contribution >= 4 is 11.6 Å². The molecule has 6 heteroatoms. The van der Waals surface area contributed by atoms with Crippen molar-refractivity contribution in [1.29, 1.82) is 0 Å². The van der Waals surface area contributed by atoms with E-state index in [4.69, 9.17) is 18.9 Å². The highest BCUT2D eigenvalue weighted by Gasteiger charge is 2.17. The fourth-order valence-corrected chi connectivity index (χ4v) is 2.35. The second-order valence-corrected chi connectivity index (χ2v) is 4.95. The van der Waals surface area contributed by atoms with Gasteiger partial charge in [-0.05, 0) is 30.3 Å². The molecule has 0 spiro atoms. The zero-order chi connectivity index (χ0) is 17.5. The van der Waals surface area contributed by atoms with Gasteiger partial charge in [0.1, 0.15) is 5.75 Å². The molecule has 0 saturated carbocycles. The maximum atomic E-state index is 12.3. The van der Waals surface area contributed by atoms with E-state index in [-0.39, 0.29) is 12.3 Å². The van der Waals surface area contributed by atoms with Gasteiger partial charge >= 0.3 is 0 Å². The van der Waals surface area contributed by atoms with Crippen LogP contribution in [0.25, 0.3) is 0 Å². The average molecular weight is 331 g/mol. The van der Waals surface area contributed by atoms with E-state index >= 15 is 0 Å². The number of methoxy groups -OCH3 is 4. The van der Waals surface area contributed by atoms with Gasteiger partial charge in [0, 0.05) is 11.3 Å². The summed E-state index contributed by atoms with van der Waals surface area (Å²) in [6, 6.07) is 10.7. The standard InChI is InChI=1S/C18H21NO5/c1-21-14-8-6-13(7-9-14)19-16(20)11-12-5-10-15(22-2)18(24-4)17(12)23-3/h5-10H,11H2,1-4H3,(H,19,20). The van der Waals surface area contributed by atoms with Crippen LogP contribution in [0.2, 0.25) is 0 Å². The molecule has 0 saturated heterocycles. The largest absolute Gasteiger partial charge is 0.497 e. The lowest BCUT2D eigenvalue weighted by molar-refractivity contribution is -0.115. The zero-order valence-electron chi connectivity index (χ0n) is 14.2. The molecule has 0 atom stereocenters. The lowest BCUT2D eigenvalue weighted by Crippen LogP contribution is -2.15. The molecule has 2 aromatic rings. The molecule has 6 nitrogen and oxygen atoms in total. The molecule has 0 aliphatic rings. The molecule has 1 amide bonds. The fraction of sp³-hybridized carbons (Fsp3) is 0.278. The molecule has 24 heavy (non-hydrogen) atoms. The van der Waals surface area contributed by atoms with E-state index in [0.717, 1.165) is 5.75 Å². The first-order valence-electron chi connectivity index (χ1n) is 7.34. The molecule has 128 valence electrons. The smallest absolute Gasteiger partial charge is 0.228 e. The number of carbonyl (C=O) groups excluding carboxylic acids is 1.